The van der Waals surface area contributed by atoms with Crippen LogP contribution in [0.1, 0.15) is 5.56 Å². The molecule has 27 heavy (non-hydrogen) atoms. The van der Waals surface area contributed by atoms with Gasteiger partial charge in [-0.2, -0.15) is 8.42 Å². The van der Waals surface area contributed by atoms with Gasteiger partial charge in [0.05, 0.1) is 10.6 Å². The zero-order chi connectivity index (χ0) is 19.4. The standard InChI is InChI=1S/C18H16N2O5S2/c1-13-6-8-14(9-7-13)27(23,24)19-18-20(10-11-26-18)15-4-2-3-5-16(15)25-12-17(21)22/h2-11H,12H2,1H3,(H,21,22)/b19-18+. The first kappa shape index (κ1) is 18.9. The molecule has 1 N–H and O–H groups in total. The van der Waals surface area contributed by atoms with Crippen LogP contribution >= 0.6 is 11.3 Å². The number of aryl methyl sites for hydroxylation is 1. The van der Waals surface area contributed by atoms with Crippen molar-refractivity contribution < 1.29 is 23.1 Å². The van der Waals surface area contributed by atoms with Gasteiger partial charge in [0.15, 0.2) is 6.61 Å². The van der Waals surface area contributed by atoms with Gasteiger partial charge in [0.25, 0.3) is 10.0 Å². The van der Waals surface area contributed by atoms with Crippen LogP contribution in [0.4, 0.5) is 0 Å². The van der Waals surface area contributed by atoms with Crippen molar-refractivity contribution in [2.24, 2.45) is 4.40 Å². The number of sulfonamides is 1. The molecule has 0 radical (unpaired) electrons. The van der Waals surface area contributed by atoms with Crippen LogP contribution in [0.2, 0.25) is 0 Å². The molecule has 0 saturated carbocycles. The lowest BCUT2D eigenvalue weighted by Crippen LogP contribution is -2.17. The molecule has 9 heteroatoms. The molecule has 2 aromatic carbocycles. The van der Waals surface area contributed by atoms with E-state index in [-0.39, 0.29) is 9.70 Å². The summed E-state index contributed by atoms with van der Waals surface area (Å²) in [5.41, 5.74) is 1.45. The van der Waals surface area contributed by atoms with Crippen LogP contribution in [-0.2, 0) is 14.8 Å². The highest BCUT2D eigenvalue weighted by molar-refractivity contribution is 7.90. The zero-order valence-electron chi connectivity index (χ0n) is 14.3. The second-order valence-corrected chi connectivity index (χ2v) is 8.06. The number of carbonyl (C=O) groups is 1. The monoisotopic (exact) mass is 404 g/mol. The van der Waals surface area contributed by atoms with Gasteiger partial charge in [0.1, 0.15) is 5.75 Å². The lowest BCUT2D eigenvalue weighted by Gasteiger charge is -2.10. The molecule has 140 valence electrons. The molecule has 0 unspecified atom stereocenters. The number of ether oxygens (including phenoxy) is 1. The smallest absolute Gasteiger partial charge is 0.341 e. The van der Waals surface area contributed by atoms with Crippen LogP contribution in [0.5, 0.6) is 5.75 Å². The third-order valence-electron chi connectivity index (χ3n) is 3.58. The van der Waals surface area contributed by atoms with Gasteiger partial charge in [0, 0.05) is 11.6 Å². The number of benzene rings is 2. The maximum atomic E-state index is 12.6. The SMILES string of the molecule is Cc1ccc(S(=O)(=O)/N=c2/sccn2-c2ccccc2OCC(=O)O)cc1. The molecule has 0 aliphatic rings. The molecule has 0 saturated heterocycles. The predicted molar refractivity (Wildman–Crippen MR) is 101 cm³/mol. The number of thiazole rings is 1. The summed E-state index contributed by atoms with van der Waals surface area (Å²) in [5, 5.41) is 10.5. The average molecular weight is 404 g/mol. The van der Waals surface area contributed by atoms with Crippen molar-refractivity contribution in [1.82, 2.24) is 4.57 Å². The van der Waals surface area contributed by atoms with Crippen LogP contribution in [0.25, 0.3) is 5.69 Å². The molecule has 3 aromatic rings. The molecule has 1 aromatic heterocycles. The summed E-state index contributed by atoms with van der Waals surface area (Å²) in [4.78, 5) is 11.1. The zero-order valence-corrected chi connectivity index (χ0v) is 15.9. The van der Waals surface area contributed by atoms with E-state index in [0.717, 1.165) is 16.9 Å². The van der Waals surface area contributed by atoms with Gasteiger partial charge in [-0.3, -0.25) is 4.57 Å². The van der Waals surface area contributed by atoms with Crippen LogP contribution in [0.3, 0.4) is 0 Å². The first-order valence-corrected chi connectivity index (χ1v) is 10.2. The summed E-state index contributed by atoms with van der Waals surface area (Å²) in [6, 6.07) is 13.2. The number of hydrogen-bond acceptors (Lipinski definition) is 5. The van der Waals surface area contributed by atoms with Gasteiger partial charge in [-0.05, 0) is 31.2 Å². The van der Waals surface area contributed by atoms with E-state index in [2.05, 4.69) is 4.40 Å². The number of rotatable bonds is 6. The number of aliphatic carboxylic acids is 1. The topological polar surface area (TPSA) is 98.0 Å². The van der Waals surface area contributed by atoms with Crippen LogP contribution < -0.4 is 9.54 Å². The van der Waals surface area contributed by atoms with Crippen LogP contribution in [0, 0.1) is 6.92 Å². The van der Waals surface area contributed by atoms with Crippen molar-refractivity contribution in [2.45, 2.75) is 11.8 Å². The minimum atomic E-state index is -3.89. The van der Waals surface area contributed by atoms with E-state index in [1.54, 1.807) is 52.5 Å². The number of carboxylic acids is 1. The van der Waals surface area contributed by atoms with E-state index in [4.69, 9.17) is 9.84 Å². The number of hydrogen-bond donors (Lipinski definition) is 1. The van der Waals surface area contributed by atoms with E-state index >= 15 is 0 Å². The van der Waals surface area contributed by atoms with E-state index in [1.807, 2.05) is 6.92 Å². The predicted octanol–water partition coefficient (Wildman–Crippen LogP) is 2.60. The van der Waals surface area contributed by atoms with Crippen molar-refractivity contribution in [2.75, 3.05) is 6.61 Å². The Balaban J connectivity index is 2.06. The molecule has 0 amide bonds. The van der Waals surface area contributed by atoms with E-state index < -0.39 is 22.6 Å². The van der Waals surface area contributed by atoms with Crippen molar-refractivity contribution in [3.8, 4) is 11.4 Å². The second kappa shape index (κ2) is 7.77. The highest BCUT2D eigenvalue weighted by Gasteiger charge is 2.14. The van der Waals surface area contributed by atoms with Crippen molar-refractivity contribution >= 4 is 27.3 Å². The number of aromatic nitrogens is 1. The van der Waals surface area contributed by atoms with Crippen molar-refractivity contribution in [1.29, 1.82) is 0 Å². The third kappa shape index (κ3) is 4.44. The first-order valence-electron chi connectivity index (χ1n) is 7.85. The largest absolute Gasteiger partial charge is 0.480 e. The van der Waals surface area contributed by atoms with Crippen LogP contribution in [-0.4, -0.2) is 30.7 Å². The third-order valence-corrected chi connectivity index (χ3v) is 5.74. The van der Waals surface area contributed by atoms with E-state index in [9.17, 15) is 13.2 Å². The summed E-state index contributed by atoms with van der Waals surface area (Å²) in [6.07, 6.45) is 1.65. The number of nitrogens with zero attached hydrogens (tertiary/aromatic N) is 2. The minimum absolute atomic E-state index is 0.100. The lowest BCUT2D eigenvalue weighted by atomic mass is 10.2. The fourth-order valence-corrected chi connectivity index (χ4v) is 4.23. The fraction of sp³-hybridized carbons (Fsp3) is 0.111. The molecule has 0 atom stereocenters. The Morgan fingerprint density at radius 2 is 1.89 bits per heavy atom. The van der Waals surface area contributed by atoms with Gasteiger partial charge in [-0.25, -0.2) is 4.79 Å². The first-order chi connectivity index (χ1) is 12.9. The maximum Gasteiger partial charge on any atom is 0.341 e. The van der Waals surface area contributed by atoms with Crippen molar-refractivity contribution in [3.63, 3.8) is 0 Å². The van der Waals surface area contributed by atoms with Gasteiger partial charge >= 0.3 is 5.97 Å². The molecule has 3 rings (SSSR count). The van der Waals surface area contributed by atoms with Gasteiger partial charge in [-0.1, -0.05) is 29.8 Å². The Kier molecular flexibility index (Phi) is 5.43. The number of para-hydroxylation sites is 2. The van der Waals surface area contributed by atoms with Gasteiger partial charge < -0.3 is 9.84 Å². The summed E-state index contributed by atoms with van der Waals surface area (Å²) >= 11 is 1.15. The molecule has 0 bridgehead atoms. The summed E-state index contributed by atoms with van der Waals surface area (Å²) in [5.74, 6) is -0.792. The molecule has 1 heterocycles. The molecular formula is C18H16N2O5S2. The molecular weight excluding hydrogens is 388 g/mol. The van der Waals surface area contributed by atoms with Gasteiger partial charge in [-0.15, -0.1) is 15.7 Å². The minimum Gasteiger partial charge on any atom is -0.480 e. The molecule has 0 aliphatic carbocycles. The maximum absolute atomic E-state index is 12.6. The quantitative estimate of drug-likeness (QED) is 0.681. The fourth-order valence-electron chi connectivity index (χ4n) is 2.31. The summed E-state index contributed by atoms with van der Waals surface area (Å²) in [7, 11) is -3.89. The molecule has 7 nitrogen and oxygen atoms in total. The Morgan fingerprint density at radius 1 is 1.19 bits per heavy atom. The lowest BCUT2D eigenvalue weighted by molar-refractivity contribution is -0.139. The summed E-state index contributed by atoms with van der Waals surface area (Å²) < 4.78 is 36.0. The Bertz CT molecular complexity index is 1130. The average Bonchev–Trinajstić information content (AvgIpc) is 3.07. The van der Waals surface area contributed by atoms with E-state index in [1.165, 1.54) is 12.1 Å². The van der Waals surface area contributed by atoms with Crippen LogP contribution in [0.15, 0.2) is 69.4 Å². The van der Waals surface area contributed by atoms with Crippen molar-refractivity contribution in [3.05, 3.63) is 70.5 Å². The highest BCUT2D eigenvalue weighted by Crippen LogP contribution is 2.22. The molecule has 0 fully saturated rings. The Morgan fingerprint density at radius 3 is 2.59 bits per heavy atom. The molecule has 0 spiro atoms. The number of carboxylic acid groups (broad SMARTS) is 1. The second-order valence-electron chi connectivity index (χ2n) is 5.59. The Hall–Kier alpha value is -2.91. The highest BCUT2D eigenvalue weighted by atomic mass is 32.2. The molecule has 0 aliphatic heterocycles. The summed E-state index contributed by atoms with van der Waals surface area (Å²) in [6.45, 7) is 1.37. The van der Waals surface area contributed by atoms with E-state index in [0.29, 0.717) is 11.4 Å². The Labute approximate surface area is 159 Å². The van der Waals surface area contributed by atoms with Gasteiger partial charge in [0.2, 0.25) is 4.80 Å². The normalized spacial score (nSPS) is 12.1.